The zero-order valence-corrected chi connectivity index (χ0v) is 72.2. The van der Waals surface area contributed by atoms with Crippen LogP contribution in [0.15, 0.2) is 404 Å². The summed E-state index contributed by atoms with van der Waals surface area (Å²) in [6.45, 7) is 12.2. The molecule has 132 heavy (non-hydrogen) atoms. The van der Waals surface area contributed by atoms with Gasteiger partial charge in [0, 0.05) is 132 Å². The largest absolute Gasteiger partial charge is 0.456 e. The Bertz CT molecular complexity index is 10100. The third-order valence-electron chi connectivity index (χ3n) is 27.4. The molecule has 19 aromatic carbocycles. The van der Waals surface area contributed by atoms with Crippen LogP contribution in [0, 0.1) is 0 Å². The van der Waals surface area contributed by atoms with Crippen LogP contribution in [-0.4, -0.2) is 15.8 Å². The van der Waals surface area contributed by atoms with E-state index >= 15 is 0 Å². The van der Waals surface area contributed by atoms with Crippen LogP contribution in [0.2, 0.25) is 0 Å². The zero-order valence-electron chi connectivity index (χ0n) is 86.2. The first-order valence-electron chi connectivity index (χ1n) is 51.6. The molecule has 2 aliphatic heterocycles. The van der Waals surface area contributed by atoms with Gasteiger partial charge in [0.2, 0.25) is 0 Å². The predicted octanol–water partition coefficient (Wildman–Crippen LogP) is 32.4. The van der Waals surface area contributed by atoms with E-state index in [9.17, 15) is 19.2 Å². The minimum Gasteiger partial charge on any atom is -0.456 e. The van der Waals surface area contributed by atoms with Crippen LogP contribution in [0.3, 0.4) is 0 Å². The molecule has 0 amide bonds. The second kappa shape index (κ2) is 27.5. The van der Waals surface area contributed by atoms with Crippen molar-refractivity contribution in [2.24, 2.45) is 0 Å². The van der Waals surface area contributed by atoms with Gasteiger partial charge in [0.25, 0.3) is 6.71 Å². The number of aromatic nitrogens is 2. The van der Waals surface area contributed by atoms with Crippen LogP contribution >= 0.6 is 0 Å². The van der Waals surface area contributed by atoms with E-state index < -0.39 is 65.9 Å². The molecule has 9 nitrogen and oxygen atoms in total. The summed E-state index contributed by atoms with van der Waals surface area (Å²) in [6.07, 6.45) is 0. The summed E-state index contributed by atoms with van der Waals surface area (Å²) >= 11 is 0. The van der Waals surface area contributed by atoms with Crippen molar-refractivity contribution in [2.75, 3.05) is 9.80 Å². The van der Waals surface area contributed by atoms with Gasteiger partial charge in [-0.2, -0.15) is 0 Å². The smallest absolute Gasteiger partial charge is 0.252 e. The number of fused-ring (bicyclic) bond motifs is 25. The van der Waals surface area contributed by atoms with Gasteiger partial charge in [-0.1, -0.05) is 308 Å². The molecule has 0 aliphatic carbocycles. The minimum absolute atomic E-state index is 0.00146. The molecule has 9 heterocycles. The van der Waals surface area contributed by atoms with Gasteiger partial charge in [0.05, 0.1) is 63.4 Å². The highest BCUT2D eigenvalue weighted by Crippen LogP contribution is 2.60. The second-order valence-corrected chi connectivity index (χ2v) is 36.9. The third kappa shape index (κ3) is 10.7. The summed E-state index contributed by atoms with van der Waals surface area (Å²) in [7, 11) is 0. The molecule has 2 aliphatic rings. The Balaban J connectivity index is 0.873. The monoisotopic (exact) mass is 1710 g/mol. The molecule has 7 aromatic heterocycles. The van der Waals surface area contributed by atoms with Crippen LogP contribution in [-0.2, 0) is 10.8 Å². The lowest BCUT2D eigenvalue weighted by Gasteiger charge is -2.46. The van der Waals surface area contributed by atoms with Gasteiger partial charge in [-0.3, -0.25) is 0 Å². The van der Waals surface area contributed by atoms with Gasteiger partial charge < -0.3 is 41.0 Å². The number of nitrogens with zero attached hydrogens (tertiary/aromatic N) is 4. The SMILES string of the molecule is [2H]c1c([2H])c([2H])c2c(c1[2H])c1c([2H])c(-c3ccccc3)c([2H])c([2H])c1n2-c1ccc2c(c1)N(c1c(-c3cccc4c3oc3ccccc34)cc(C(C)(C)C)c3oc4ccccc4c13)c1cc(-c3cccc4oc5ccccc5c34)cc3c1B2c1ccc(-n2c4c([2H])c([2H])c([2H])c([2H])c4c4c([2H])c([2H])c(-c5ccccc5)c([2H])c42)cc1N3c1c(-c2cccc3c2oc2ccccc23)cc(C(C)(C)C)c2oc3ccccc3c12. The molecule has 622 valence electrons. The quantitative estimate of drug-likeness (QED) is 0.133. The average molecular weight is 1710 g/mol. The van der Waals surface area contributed by atoms with Crippen molar-refractivity contribution in [1.82, 2.24) is 9.13 Å². The topological polar surface area (TPSA) is 82.0 Å². The van der Waals surface area contributed by atoms with E-state index in [1.165, 1.54) is 0 Å². The molecule has 0 fully saturated rings. The molecule has 0 atom stereocenters. The Labute approximate surface area is 778 Å². The molecule has 0 N–H and O–H groups in total. The van der Waals surface area contributed by atoms with E-state index in [0.717, 1.165) is 76.4 Å². The second-order valence-electron chi connectivity index (χ2n) is 36.9. The highest BCUT2D eigenvalue weighted by molar-refractivity contribution is 7.00. The van der Waals surface area contributed by atoms with E-state index in [4.69, 9.17) is 22.1 Å². The normalized spacial score (nSPS) is 14.5. The molecule has 0 radical (unpaired) electrons. The molecule has 0 spiro atoms. The van der Waals surface area contributed by atoms with Crippen molar-refractivity contribution < 1.29 is 41.3 Å². The summed E-state index contributed by atoms with van der Waals surface area (Å²) in [5.74, 6) is 0. The predicted molar refractivity (Wildman–Crippen MR) is 550 cm³/mol. The maximum Gasteiger partial charge on any atom is 0.252 e. The summed E-state index contributed by atoms with van der Waals surface area (Å²) in [5, 5.41) is 8.04. The molecule has 26 aromatic rings. The van der Waals surface area contributed by atoms with Crippen LogP contribution in [0.5, 0.6) is 0 Å². The summed E-state index contributed by atoms with van der Waals surface area (Å²) in [4.78, 5) is 4.68. The Hall–Kier alpha value is -16.6. The third-order valence-corrected chi connectivity index (χ3v) is 27.4. The van der Waals surface area contributed by atoms with Crippen molar-refractivity contribution in [3.05, 3.63) is 393 Å². The van der Waals surface area contributed by atoms with Crippen molar-refractivity contribution in [3.63, 3.8) is 0 Å². The van der Waals surface area contributed by atoms with Crippen LogP contribution in [0.1, 0.15) is 71.9 Å². The number of hydrogen-bond acceptors (Lipinski definition) is 7. The number of hydrogen-bond donors (Lipinski definition) is 0. The lowest BCUT2D eigenvalue weighted by Crippen LogP contribution is -2.61. The molecule has 0 unspecified atom stereocenters. The summed E-state index contributed by atoms with van der Waals surface area (Å²) in [6, 6.07) is 92.2. The highest BCUT2D eigenvalue weighted by atomic mass is 16.3. The number of benzene rings is 19. The fraction of sp³-hybridized carbons (Fsp3) is 0.0656. The molecule has 0 saturated carbocycles. The van der Waals surface area contributed by atoms with E-state index in [1.54, 1.807) is 57.7 Å². The van der Waals surface area contributed by atoms with Crippen molar-refractivity contribution >= 4 is 211 Å². The van der Waals surface area contributed by atoms with E-state index in [-0.39, 0.29) is 91.0 Å². The fourth-order valence-electron chi connectivity index (χ4n) is 21.6. The van der Waals surface area contributed by atoms with Crippen LogP contribution < -0.4 is 26.2 Å². The van der Waals surface area contributed by atoms with Gasteiger partial charge in [-0.15, -0.1) is 0 Å². The first-order chi connectivity index (χ1) is 70.6. The Morgan fingerprint density at radius 2 is 0.652 bits per heavy atom. The minimum atomic E-state index is -0.937. The lowest BCUT2D eigenvalue weighted by molar-refractivity contribution is 0.572. The van der Waals surface area contributed by atoms with E-state index in [1.807, 2.05) is 140 Å². The van der Waals surface area contributed by atoms with Gasteiger partial charge in [-0.05, 0) is 176 Å². The lowest BCUT2D eigenvalue weighted by atomic mass is 9.33. The van der Waals surface area contributed by atoms with Crippen molar-refractivity contribution in [1.29, 1.82) is 0 Å². The Morgan fingerprint density at radius 1 is 0.258 bits per heavy atom. The highest BCUT2D eigenvalue weighted by Gasteiger charge is 2.48. The van der Waals surface area contributed by atoms with E-state index in [0.29, 0.717) is 151 Å². The van der Waals surface area contributed by atoms with Gasteiger partial charge in [0.15, 0.2) is 0 Å². The summed E-state index contributed by atoms with van der Waals surface area (Å²) < 4.78 is 182. The average Bonchev–Trinajstić information content (AvgIpc) is 1.30. The molecule has 28 rings (SSSR count). The first kappa shape index (κ1) is 61.8. The number of furan rings is 5. The molecule has 0 bridgehead atoms. The first-order valence-corrected chi connectivity index (χ1v) is 44.6. The Kier molecular flexibility index (Phi) is 12.9. The standard InChI is InChI=1S/C122H81BN4O5/c1-121(2,3)93-68-91(85-44-27-42-83-81-36-15-22-48-105(81)129-117(83)85)115(112-88-39-18-25-51-108(88)131-119(93)112)126-101-66-75(124-98-47-21-14-35-79(98)90-62-72(55-61-99(90)124)70-30-9-7-10-31-70)56-59-95(101)123-96-60-57-76(125-97-46-20-13-34-78(97)80-58-54-73(63-100(80)125)71-32-11-8-12-33-71)67-102(96)127(104-65-74(64-103(126)114(104)123)77-41-29-53-110-111(77)87-38-17-24-50-107(87)128-110)116-92(86-45-28-43-84-82-37-16-23-49-106(82)130-118(84)86)69-94(122(4,5)6)120-113(116)89-40-19-26-52-109(89)132-120/h7-69H,1-6H3/i13D,14D,20D,21D,34D,35D,46D,47D,54D,55D,58D,61D,62D,63D. The fourth-order valence-corrected chi connectivity index (χ4v) is 21.6. The zero-order chi connectivity index (χ0) is 99.6. The summed E-state index contributed by atoms with van der Waals surface area (Å²) in [5.41, 5.74) is 18.2. The van der Waals surface area contributed by atoms with Crippen molar-refractivity contribution in [3.8, 4) is 67.0 Å². The maximum absolute atomic E-state index is 10.8. The van der Waals surface area contributed by atoms with Gasteiger partial charge in [-0.25, -0.2) is 0 Å². The van der Waals surface area contributed by atoms with Crippen LogP contribution in [0.25, 0.3) is 220 Å². The number of anilines is 6. The number of para-hydroxylation sites is 9. The number of rotatable bonds is 9. The molecule has 0 saturated heterocycles. The molecular formula is C122H81BN4O5. The van der Waals surface area contributed by atoms with Crippen LogP contribution in [0.4, 0.5) is 34.1 Å². The van der Waals surface area contributed by atoms with Gasteiger partial charge >= 0.3 is 0 Å². The van der Waals surface area contributed by atoms with E-state index in [2.05, 4.69) is 161 Å². The van der Waals surface area contributed by atoms with Crippen molar-refractivity contribution in [2.45, 2.75) is 52.4 Å². The Morgan fingerprint density at radius 3 is 1.17 bits per heavy atom. The molecular weight excluding hydrogens is 1610 g/mol. The molecule has 10 heteroatoms. The maximum atomic E-state index is 10.8. The van der Waals surface area contributed by atoms with Gasteiger partial charge in [0.1, 0.15) is 55.8 Å².